The summed E-state index contributed by atoms with van der Waals surface area (Å²) in [6.45, 7) is 0. The molecule has 1 heterocycles. The molecule has 95 valence electrons. The molecule has 0 unspecified atom stereocenters. The van der Waals surface area contributed by atoms with Crippen molar-refractivity contribution in [3.8, 4) is 0 Å². The van der Waals surface area contributed by atoms with Gasteiger partial charge in [0, 0.05) is 23.0 Å². The fraction of sp³-hybridized carbons (Fsp3) is 0. The quantitative estimate of drug-likeness (QED) is 0.326. The van der Waals surface area contributed by atoms with Crippen LogP contribution < -0.4 is 11.1 Å². The number of hydrogen-bond acceptors (Lipinski definition) is 7. The molecule has 0 spiro atoms. The highest BCUT2D eigenvalue weighted by Gasteiger charge is 2.15. The number of nitrogen functional groups attached to an aromatic ring is 1. The lowest BCUT2D eigenvalue weighted by Gasteiger charge is -2.03. The molecule has 2 rings (SSSR count). The van der Waals surface area contributed by atoms with Gasteiger partial charge in [0.1, 0.15) is 0 Å². The van der Waals surface area contributed by atoms with E-state index < -0.39 is 5.95 Å². The van der Waals surface area contributed by atoms with Crippen LogP contribution in [0, 0.1) is 5.21 Å². The molecule has 0 atom stereocenters. The summed E-state index contributed by atoms with van der Waals surface area (Å²) in [6.07, 6.45) is 0. The Morgan fingerprint density at radius 1 is 1.21 bits per heavy atom. The molecule has 0 fully saturated rings. The van der Waals surface area contributed by atoms with Crippen molar-refractivity contribution in [2.24, 2.45) is 5.28 Å². The zero-order valence-electron chi connectivity index (χ0n) is 9.63. The maximum Gasteiger partial charge on any atom is 0.463 e. The molecule has 0 bridgehead atoms. The summed E-state index contributed by atoms with van der Waals surface area (Å²) >= 11 is 0. The molecule has 4 N–H and O–H groups in total. The third-order valence-electron chi connectivity index (χ3n) is 1.92. The number of anilines is 3. The van der Waals surface area contributed by atoms with E-state index in [4.69, 9.17) is 10.9 Å². The number of para-hydroxylation sites is 1. The fourth-order valence-corrected chi connectivity index (χ4v) is 1.21. The van der Waals surface area contributed by atoms with Gasteiger partial charge in [-0.1, -0.05) is 18.2 Å². The van der Waals surface area contributed by atoms with Crippen LogP contribution in [0.2, 0.25) is 0 Å². The number of nitrogens with zero attached hydrogens (tertiary/aromatic N) is 5. The van der Waals surface area contributed by atoms with Crippen molar-refractivity contribution in [1.29, 1.82) is 0 Å². The lowest BCUT2D eigenvalue weighted by Crippen LogP contribution is -2.07. The minimum atomic E-state index is -0.413. The fourth-order valence-electron chi connectivity index (χ4n) is 1.21. The summed E-state index contributed by atoms with van der Waals surface area (Å²) < 4.78 is 0. The first-order valence-corrected chi connectivity index (χ1v) is 4.85. The average Bonchev–Trinajstić information content (AvgIpc) is 2.38. The first kappa shape index (κ1) is 14.6. The van der Waals surface area contributed by atoms with Crippen LogP contribution in [0.25, 0.3) is 0 Å². The summed E-state index contributed by atoms with van der Waals surface area (Å²) in [5, 5.41) is 24.6. The molecule has 1 aromatic carbocycles. The second-order valence-corrected chi connectivity index (χ2v) is 3.17. The van der Waals surface area contributed by atoms with Gasteiger partial charge >= 0.3 is 17.8 Å². The van der Waals surface area contributed by atoms with Gasteiger partial charge in [-0.05, 0) is 22.1 Å². The van der Waals surface area contributed by atoms with E-state index >= 15 is 0 Å². The van der Waals surface area contributed by atoms with Crippen LogP contribution in [0.3, 0.4) is 0 Å². The maximum atomic E-state index is 11.0. The summed E-state index contributed by atoms with van der Waals surface area (Å²) in [6, 6.07) is 9.05. The Labute approximate surface area is 118 Å². The molecule has 0 aliphatic carbocycles. The van der Waals surface area contributed by atoms with E-state index in [2.05, 4.69) is 25.5 Å². The smallest absolute Gasteiger partial charge is 0.463 e. The van der Waals surface area contributed by atoms with Gasteiger partial charge in [0.2, 0.25) is 0 Å². The molecule has 0 aliphatic rings. The molecule has 9 nitrogen and oxygen atoms in total. The van der Waals surface area contributed by atoms with Gasteiger partial charge in [-0.2, -0.15) is 0 Å². The lowest BCUT2D eigenvalue weighted by atomic mass is 10.3. The molecular weight excluding hydrogens is 265 g/mol. The Kier molecular flexibility index (Phi) is 4.99. The average molecular weight is 274 g/mol. The Bertz CT molecular complexity index is 578. The predicted octanol–water partition coefficient (Wildman–Crippen LogP) is 0.800. The SMILES string of the molecule is Nc1nc(Nc2ccccc2)nc([N+]([O-])=NO)n1.[Al]. The molecule has 0 saturated carbocycles. The summed E-state index contributed by atoms with van der Waals surface area (Å²) in [7, 11) is 0. The van der Waals surface area contributed by atoms with Crippen molar-refractivity contribution in [2.75, 3.05) is 11.1 Å². The molecule has 0 amide bonds. The van der Waals surface area contributed by atoms with Crippen molar-refractivity contribution in [3.63, 3.8) is 0 Å². The summed E-state index contributed by atoms with van der Waals surface area (Å²) in [5.41, 5.74) is 6.13. The van der Waals surface area contributed by atoms with E-state index in [0.717, 1.165) is 0 Å². The van der Waals surface area contributed by atoms with Gasteiger partial charge in [0.15, 0.2) is 0 Å². The lowest BCUT2D eigenvalue weighted by molar-refractivity contribution is -0.481. The number of rotatable bonds is 3. The second kappa shape index (κ2) is 6.48. The van der Waals surface area contributed by atoms with E-state index in [-0.39, 0.29) is 34.1 Å². The Balaban J connectivity index is 0.00000180. The third-order valence-corrected chi connectivity index (χ3v) is 1.92. The Hall–Kier alpha value is -2.44. The molecule has 10 heteroatoms. The van der Waals surface area contributed by atoms with Crippen LogP contribution in [-0.4, -0.2) is 42.4 Å². The first-order valence-electron chi connectivity index (χ1n) is 4.85. The minimum Gasteiger partial charge on any atom is -0.719 e. The van der Waals surface area contributed by atoms with Crippen LogP contribution in [0.5, 0.6) is 0 Å². The highest BCUT2D eigenvalue weighted by atomic mass is 27.0. The Morgan fingerprint density at radius 2 is 1.89 bits per heavy atom. The van der Waals surface area contributed by atoms with E-state index in [1.807, 2.05) is 18.2 Å². The van der Waals surface area contributed by atoms with Crippen LogP contribution in [0.1, 0.15) is 0 Å². The number of aromatic nitrogens is 3. The summed E-state index contributed by atoms with van der Waals surface area (Å²) in [4.78, 5) is 10.9. The molecule has 19 heavy (non-hydrogen) atoms. The number of benzene rings is 1. The van der Waals surface area contributed by atoms with E-state index in [0.29, 0.717) is 5.69 Å². The van der Waals surface area contributed by atoms with Crippen molar-refractivity contribution in [1.82, 2.24) is 15.0 Å². The van der Waals surface area contributed by atoms with Crippen molar-refractivity contribution >= 4 is 40.9 Å². The number of hydrogen-bond donors (Lipinski definition) is 3. The largest absolute Gasteiger partial charge is 0.719 e. The third kappa shape index (κ3) is 3.77. The molecule has 0 saturated heterocycles. The van der Waals surface area contributed by atoms with Crippen molar-refractivity contribution in [3.05, 3.63) is 35.5 Å². The highest BCUT2D eigenvalue weighted by molar-refractivity contribution is 5.75. The molecular formula is C9H9AlN7O2. The standard InChI is InChI=1S/C9H9N7O2.Al/c10-7-12-8(11-6-4-2-1-3-5-6)14-9(13-7)16(18)15-17;/h1-5,17H,(H3,10,11,12,13,14);. The monoisotopic (exact) mass is 274 g/mol. The van der Waals surface area contributed by atoms with E-state index in [9.17, 15) is 5.21 Å². The minimum absolute atomic E-state index is 0. The van der Waals surface area contributed by atoms with E-state index in [1.54, 1.807) is 12.1 Å². The molecule has 0 aliphatic heterocycles. The Morgan fingerprint density at radius 3 is 2.53 bits per heavy atom. The van der Waals surface area contributed by atoms with Crippen LogP contribution in [0.15, 0.2) is 35.6 Å². The van der Waals surface area contributed by atoms with Gasteiger partial charge in [-0.15, -0.1) is 9.84 Å². The first-order chi connectivity index (χ1) is 8.69. The van der Waals surface area contributed by atoms with Crippen molar-refractivity contribution in [2.45, 2.75) is 0 Å². The second-order valence-electron chi connectivity index (χ2n) is 3.17. The highest BCUT2D eigenvalue weighted by Crippen LogP contribution is 2.15. The number of nitrogens with two attached hydrogens (primary N) is 1. The van der Waals surface area contributed by atoms with Crippen LogP contribution in [0.4, 0.5) is 23.5 Å². The van der Waals surface area contributed by atoms with Gasteiger partial charge in [-0.3, -0.25) is 0 Å². The van der Waals surface area contributed by atoms with E-state index in [1.165, 1.54) is 0 Å². The zero-order valence-corrected chi connectivity index (χ0v) is 10.8. The van der Waals surface area contributed by atoms with Crippen LogP contribution >= 0.6 is 0 Å². The van der Waals surface area contributed by atoms with Crippen LogP contribution in [-0.2, 0) is 0 Å². The van der Waals surface area contributed by atoms with Crippen molar-refractivity contribution < 1.29 is 10.1 Å². The van der Waals surface area contributed by atoms with Gasteiger partial charge in [0.05, 0.1) is 5.28 Å². The molecule has 3 radical (unpaired) electrons. The maximum absolute atomic E-state index is 11.0. The van der Waals surface area contributed by atoms with Gasteiger partial charge in [0.25, 0.3) is 0 Å². The molecule has 1 aromatic heterocycles. The predicted molar refractivity (Wildman–Crippen MR) is 67.2 cm³/mol. The number of nitrogens with one attached hydrogen (secondary N) is 1. The van der Waals surface area contributed by atoms with Gasteiger partial charge < -0.3 is 21.5 Å². The van der Waals surface area contributed by atoms with Gasteiger partial charge in [-0.25, -0.2) is 0 Å². The normalized spacial score (nSPS) is 10.6. The molecule has 2 aromatic rings. The topological polar surface area (TPSA) is 135 Å². The zero-order chi connectivity index (χ0) is 13.0. The summed E-state index contributed by atoms with van der Waals surface area (Å²) in [5.74, 6) is -0.500.